The van der Waals surface area contributed by atoms with Gasteiger partial charge in [-0.05, 0) is 0 Å². The van der Waals surface area contributed by atoms with Crippen molar-refractivity contribution >= 4 is 17.7 Å². The van der Waals surface area contributed by atoms with Gasteiger partial charge in [-0.1, -0.05) is 0 Å². The van der Waals surface area contributed by atoms with Gasteiger partial charge in [0.1, 0.15) is 0 Å². The van der Waals surface area contributed by atoms with Gasteiger partial charge in [-0.25, -0.2) is 0 Å². The van der Waals surface area contributed by atoms with Crippen molar-refractivity contribution in [2.75, 3.05) is 13.6 Å². The zero-order chi connectivity index (χ0) is 11.8. The lowest BCUT2D eigenvalue weighted by Gasteiger charge is -2.09. The van der Waals surface area contributed by atoms with E-state index in [0.717, 1.165) is 0 Å². The molecule has 0 aliphatic carbocycles. The van der Waals surface area contributed by atoms with Crippen LogP contribution in [0, 0.1) is 0 Å². The summed E-state index contributed by atoms with van der Waals surface area (Å²) >= 11 is 0. The highest BCUT2D eigenvalue weighted by Crippen LogP contribution is 1.87. The molecule has 1 atom stereocenters. The van der Waals surface area contributed by atoms with Crippen molar-refractivity contribution < 1.29 is 14.4 Å². The Hall–Kier alpha value is -1.63. The number of hydrogen-bond donors (Lipinski definition) is 4. The van der Waals surface area contributed by atoms with E-state index in [4.69, 9.17) is 11.5 Å². The van der Waals surface area contributed by atoms with Crippen LogP contribution < -0.4 is 22.1 Å². The molecular formula is C8H16N4O3. The molecule has 0 aliphatic rings. The molecule has 15 heavy (non-hydrogen) atoms. The van der Waals surface area contributed by atoms with Gasteiger partial charge in [0.15, 0.2) is 0 Å². The molecule has 0 aromatic carbocycles. The number of rotatable bonds is 6. The first-order valence-electron chi connectivity index (χ1n) is 4.49. The third-order valence-electron chi connectivity index (χ3n) is 1.69. The van der Waals surface area contributed by atoms with Crippen LogP contribution in [0.2, 0.25) is 0 Å². The number of amides is 3. The van der Waals surface area contributed by atoms with Gasteiger partial charge >= 0.3 is 0 Å². The Morgan fingerprint density at radius 3 is 2.40 bits per heavy atom. The van der Waals surface area contributed by atoms with Gasteiger partial charge in [0.05, 0.1) is 12.5 Å². The minimum absolute atomic E-state index is 0.172. The van der Waals surface area contributed by atoms with E-state index in [1.54, 1.807) is 0 Å². The third-order valence-corrected chi connectivity index (χ3v) is 1.69. The van der Waals surface area contributed by atoms with E-state index in [1.807, 2.05) is 0 Å². The summed E-state index contributed by atoms with van der Waals surface area (Å²) in [5.41, 5.74) is 10.2. The lowest BCUT2D eigenvalue weighted by atomic mass is 10.2. The van der Waals surface area contributed by atoms with Crippen LogP contribution >= 0.6 is 0 Å². The minimum Gasteiger partial charge on any atom is -0.370 e. The zero-order valence-electron chi connectivity index (χ0n) is 8.58. The monoisotopic (exact) mass is 216 g/mol. The Morgan fingerprint density at radius 1 is 1.33 bits per heavy atom. The first-order valence-corrected chi connectivity index (χ1v) is 4.49. The molecule has 0 heterocycles. The molecule has 7 heteroatoms. The van der Waals surface area contributed by atoms with Crippen LogP contribution in [-0.4, -0.2) is 37.4 Å². The first-order chi connectivity index (χ1) is 6.97. The molecule has 0 aromatic rings. The lowest BCUT2D eigenvalue weighted by Crippen LogP contribution is -2.43. The first kappa shape index (κ1) is 13.4. The van der Waals surface area contributed by atoms with Gasteiger partial charge in [-0.15, -0.1) is 0 Å². The number of nitrogens with one attached hydrogen (secondary N) is 2. The maximum absolute atomic E-state index is 11.2. The minimum atomic E-state index is -0.952. The molecule has 0 aliphatic heterocycles. The fourth-order valence-electron chi connectivity index (χ4n) is 0.865. The summed E-state index contributed by atoms with van der Waals surface area (Å²) in [6.45, 7) is 0.185. The van der Waals surface area contributed by atoms with Gasteiger partial charge in [0.2, 0.25) is 17.7 Å². The number of carbonyl (C=O) groups excluding carboxylic acids is 3. The van der Waals surface area contributed by atoms with Gasteiger partial charge in [0, 0.05) is 20.0 Å². The zero-order valence-corrected chi connectivity index (χ0v) is 8.58. The second kappa shape index (κ2) is 6.77. The Bertz CT molecular complexity index is 254. The van der Waals surface area contributed by atoms with E-state index in [0.29, 0.717) is 0 Å². The number of primary amides is 1. The fourth-order valence-corrected chi connectivity index (χ4v) is 0.865. The average molecular weight is 216 g/mol. The SMILES string of the molecule is CNC(=O)CCNC(=O)C(N)CC(N)=O. The predicted molar refractivity (Wildman–Crippen MR) is 53.5 cm³/mol. The molecule has 1 unspecified atom stereocenters. The van der Waals surface area contributed by atoms with Crippen molar-refractivity contribution in [2.45, 2.75) is 18.9 Å². The Labute approximate surface area is 87.6 Å². The number of nitrogens with two attached hydrogens (primary N) is 2. The molecule has 6 N–H and O–H groups in total. The van der Waals surface area contributed by atoms with Crippen molar-refractivity contribution in [2.24, 2.45) is 11.5 Å². The van der Waals surface area contributed by atoms with Crippen molar-refractivity contribution in [3.05, 3.63) is 0 Å². The van der Waals surface area contributed by atoms with E-state index in [1.165, 1.54) is 7.05 Å². The second-order valence-corrected chi connectivity index (χ2v) is 2.99. The highest BCUT2D eigenvalue weighted by Gasteiger charge is 2.15. The standard InChI is InChI=1S/C8H16N4O3/c1-11-7(14)2-3-12-8(15)5(9)4-6(10)13/h5H,2-4,9H2,1H3,(H2,10,13)(H,11,14)(H,12,15). The highest BCUT2D eigenvalue weighted by molar-refractivity contribution is 5.87. The van der Waals surface area contributed by atoms with E-state index >= 15 is 0 Å². The summed E-state index contributed by atoms with van der Waals surface area (Å²) in [4.78, 5) is 32.4. The average Bonchev–Trinajstić information content (AvgIpc) is 2.16. The van der Waals surface area contributed by atoms with Crippen molar-refractivity contribution in [1.29, 1.82) is 0 Å². The van der Waals surface area contributed by atoms with Gasteiger partial charge in [-0.2, -0.15) is 0 Å². The maximum atomic E-state index is 11.2. The predicted octanol–water partition coefficient (Wildman–Crippen LogP) is -2.56. The van der Waals surface area contributed by atoms with Crippen LogP contribution in [0.25, 0.3) is 0 Å². The molecule has 0 aromatic heterocycles. The van der Waals surface area contributed by atoms with Gasteiger partial charge in [0.25, 0.3) is 0 Å². The molecule has 0 spiro atoms. The summed E-state index contributed by atoms with van der Waals surface area (Å²) in [6.07, 6.45) is -0.0304. The molecule has 0 saturated heterocycles. The smallest absolute Gasteiger partial charge is 0.237 e. The van der Waals surface area contributed by atoms with Crippen LogP contribution in [0.1, 0.15) is 12.8 Å². The van der Waals surface area contributed by atoms with Crippen LogP contribution in [0.5, 0.6) is 0 Å². The maximum Gasteiger partial charge on any atom is 0.237 e. The Kier molecular flexibility index (Phi) is 6.03. The molecule has 7 nitrogen and oxygen atoms in total. The normalized spacial score (nSPS) is 11.6. The number of carbonyl (C=O) groups is 3. The van der Waals surface area contributed by atoms with Crippen LogP contribution in [0.4, 0.5) is 0 Å². The summed E-state index contributed by atoms with van der Waals surface area (Å²) in [5.74, 6) is -1.31. The van der Waals surface area contributed by atoms with Crippen molar-refractivity contribution in [1.82, 2.24) is 10.6 Å². The quantitative estimate of drug-likeness (QED) is 0.389. The van der Waals surface area contributed by atoms with E-state index in [9.17, 15) is 14.4 Å². The Balaban J connectivity index is 3.73. The van der Waals surface area contributed by atoms with Crippen LogP contribution in [-0.2, 0) is 14.4 Å². The molecule has 0 rings (SSSR count). The van der Waals surface area contributed by atoms with Crippen LogP contribution in [0.3, 0.4) is 0 Å². The van der Waals surface area contributed by atoms with E-state index < -0.39 is 17.9 Å². The highest BCUT2D eigenvalue weighted by atomic mass is 16.2. The van der Waals surface area contributed by atoms with Crippen molar-refractivity contribution in [3.63, 3.8) is 0 Å². The molecular weight excluding hydrogens is 200 g/mol. The molecule has 0 saturated carbocycles. The van der Waals surface area contributed by atoms with Crippen molar-refractivity contribution in [3.8, 4) is 0 Å². The summed E-state index contributed by atoms with van der Waals surface area (Å²) < 4.78 is 0. The second-order valence-electron chi connectivity index (χ2n) is 2.99. The largest absolute Gasteiger partial charge is 0.370 e. The molecule has 0 radical (unpaired) electrons. The molecule has 86 valence electrons. The topological polar surface area (TPSA) is 127 Å². The number of hydrogen-bond acceptors (Lipinski definition) is 4. The van der Waals surface area contributed by atoms with E-state index in [-0.39, 0.29) is 25.3 Å². The summed E-state index contributed by atoms with van der Waals surface area (Å²) in [6, 6.07) is -0.952. The molecule has 0 fully saturated rings. The summed E-state index contributed by atoms with van der Waals surface area (Å²) in [7, 11) is 1.50. The van der Waals surface area contributed by atoms with Crippen LogP contribution in [0.15, 0.2) is 0 Å². The van der Waals surface area contributed by atoms with E-state index in [2.05, 4.69) is 10.6 Å². The van der Waals surface area contributed by atoms with Gasteiger partial charge in [-0.3, -0.25) is 14.4 Å². The lowest BCUT2D eigenvalue weighted by molar-refractivity contribution is -0.126. The molecule has 0 bridgehead atoms. The fraction of sp³-hybridized carbons (Fsp3) is 0.625. The molecule has 3 amide bonds. The summed E-state index contributed by atoms with van der Waals surface area (Å²) in [5, 5.41) is 4.83. The Morgan fingerprint density at radius 2 is 1.93 bits per heavy atom. The third kappa shape index (κ3) is 6.44. The van der Waals surface area contributed by atoms with Gasteiger partial charge < -0.3 is 22.1 Å².